The first-order valence-corrected chi connectivity index (χ1v) is 13.2. The lowest BCUT2D eigenvalue weighted by Crippen LogP contribution is -2.41. The van der Waals surface area contributed by atoms with Crippen molar-refractivity contribution < 1.29 is 13.9 Å². The Hall–Kier alpha value is -3.34. The maximum Gasteiger partial charge on any atom is 0.231 e. The zero-order valence-electron chi connectivity index (χ0n) is 22.6. The van der Waals surface area contributed by atoms with Crippen LogP contribution in [0.1, 0.15) is 30.5 Å². The van der Waals surface area contributed by atoms with E-state index in [-0.39, 0.29) is 5.60 Å². The summed E-state index contributed by atoms with van der Waals surface area (Å²) in [6.45, 7) is 10.5. The van der Waals surface area contributed by atoms with Crippen LogP contribution in [-0.2, 0) is 29.0 Å². The molecule has 38 heavy (non-hydrogen) atoms. The van der Waals surface area contributed by atoms with E-state index >= 15 is 0 Å². The quantitative estimate of drug-likeness (QED) is 0.363. The third kappa shape index (κ3) is 4.79. The monoisotopic (exact) mass is 517 g/mol. The van der Waals surface area contributed by atoms with E-state index in [9.17, 15) is 0 Å². The zero-order valence-corrected chi connectivity index (χ0v) is 22.6. The molecule has 1 saturated heterocycles. The number of furan rings is 1. The number of nitrogens with zero attached hydrogens (tertiary/aromatic N) is 7. The van der Waals surface area contributed by atoms with E-state index in [0.717, 1.165) is 79.5 Å². The Morgan fingerprint density at radius 2 is 1.92 bits per heavy atom. The maximum atomic E-state index is 6.52. The number of hydrogen-bond donors (Lipinski definition) is 0. The molecule has 4 aromatic heterocycles. The van der Waals surface area contributed by atoms with Crippen molar-refractivity contribution >= 4 is 33.8 Å². The van der Waals surface area contributed by atoms with Crippen LogP contribution in [0, 0.1) is 0 Å². The summed E-state index contributed by atoms with van der Waals surface area (Å²) in [4.78, 5) is 25.5. The number of rotatable bonds is 7. The number of morpholine rings is 1. The van der Waals surface area contributed by atoms with Crippen LogP contribution in [0.3, 0.4) is 0 Å². The van der Waals surface area contributed by atoms with Crippen molar-refractivity contribution in [2.24, 2.45) is 0 Å². The van der Waals surface area contributed by atoms with Gasteiger partial charge in [0.25, 0.3) is 0 Å². The fraction of sp³-hybridized carbons (Fsp3) is 0.500. The minimum Gasteiger partial charge on any atom is -0.432 e. The van der Waals surface area contributed by atoms with E-state index in [1.54, 1.807) is 12.5 Å². The Morgan fingerprint density at radius 1 is 1.08 bits per heavy atom. The van der Waals surface area contributed by atoms with Crippen LogP contribution in [0.15, 0.2) is 35.3 Å². The molecule has 0 bridgehead atoms. The third-order valence-corrected chi connectivity index (χ3v) is 7.40. The van der Waals surface area contributed by atoms with Crippen LogP contribution in [-0.4, -0.2) is 83.9 Å². The predicted molar refractivity (Wildman–Crippen MR) is 147 cm³/mol. The van der Waals surface area contributed by atoms with E-state index in [1.807, 2.05) is 31.3 Å². The lowest BCUT2D eigenvalue weighted by atomic mass is 9.90. The molecule has 0 unspecified atom stereocenters. The lowest BCUT2D eigenvalue weighted by Gasteiger charge is -2.33. The first kappa shape index (κ1) is 25.0. The smallest absolute Gasteiger partial charge is 0.231 e. The molecule has 10 nitrogen and oxygen atoms in total. The highest BCUT2D eigenvalue weighted by Crippen LogP contribution is 2.41. The van der Waals surface area contributed by atoms with Crippen molar-refractivity contribution in [2.45, 2.75) is 39.0 Å². The Kier molecular flexibility index (Phi) is 6.63. The molecule has 0 atom stereocenters. The summed E-state index contributed by atoms with van der Waals surface area (Å²) in [7, 11) is 4.01. The normalized spacial score (nSPS) is 17.6. The second-order valence-corrected chi connectivity index (χ2v) is 10.9. The summed E-state index contributed by atoms with van der Waals surface area (Å²) in [5.74, 6) is 1.65. The van der Waals surface area contributed by atoms with E-state index in [4.69, 9.17) is 28.8 Å². The van der Waals surface area contributed by atoms with Gasteiger partial charge in [0.1, 0.15) is 17.7 Å². The van der Waals surface area contributed by atoms with E-state index < -0.39 is 0 Å². The summed E-state index contributed by atoms with van der Waals surface area (Å²) in [5.41, 5.74) is 5.20. The Balaban J connectivity index is 1.47. The average Bonchev–Trinajstić information content (AvgIpc) is 3.30. The zero-order chi connectivity index (χ0) is 26.3. The van der Waals surface area contributed by atoms with Crippen LogP contribution < -0.4 is 9.80 Å². The summed E-state index contributed by atoms with van der Waals surface area (Å²) in [6.07, 6.45) is 6.11. The molecule has 2 aliphatic heterocycles. The molecule has 0 N–H and O–H groups in total. The summed E-state index contributed by atoms with van der Waals surface area (Å²) < 4.78 is 18.3. The van der Waals surface area contributed by atoms with Gasteiger partial charge in [-0.1, -0.05) is 6.07 Å². The van der Waals surface area contributed by atoms with E-state index in [1.165, 1.54) is 5.56 Å². The Morgan fingerprint density at radius 3 is 2.68 bits per heavy atom. The van der Waals surface area contributed by atoms with Crippen LogP contribution >= 0.6 is 0 Å². The Labute approximate surface area is 222 Å². The number of fused-ring (bicyclic) bond motifs is 5. The predicted octanol–water partition coefficient (Wildman–Crippen LogP) is 3.42. The highest BCUT2D eigenvalue weighted by Gasteiger charge is 2.33. The molecular formula is C28H35N7O3. The van der Waals surface area contributed by atoms with Gasteiger partial charge in [-0.15, -0.1) is 0 Å². The highest BCUT2D eigenvalue weighted by atomic mass is 16.5. The van der Waals surface area contributed by atoms with Crippen LogP contribution in [0.5, 0.6) is 0 Å². The molecule has 0 saturated carbocycles. The first-order valence-electron chi connectivity index (χ1n) is 13.2. The Bertz CT molecular complexity index is 1430. The SMILES string of the molecule is CN(C)c1nc2oc3c(N(CCN4CCOCC4)Cc4cccnc4)ncnc3c2c2c1COC(C)(C)C2. The molecule has 2 aliphatic rings. The number of anilines is 2. The molecule has 0 aromatic carbocycles. The summed E-state index contributed by atoms with van der Waals surface area (Å²) >= 11 is 0. The molecular weight excluding hydrogens is 482 g/mol. The molecule has 0 spiro atoms. The van der Waals surface area contributed by atoms with Gasteiger partial charge in [-0.3, -0.25) is 9.88 Å². The molecule has 1 fully saturated rings. The van der Waals surface area contributed by atoms with E-state index in [0.29, 0.717) is 24.4 Å². The van der Waals surface area contributed by atoms with Crippen molar-refractivity contribution in [3.63, 3.8) is 0 Å². The van der Waals surface area contributed by atoms with Crippen molar-refractivity contribution in [3.8, 4) is 0 Å². The number of aromatic nitrogens is 4. The number of hydrogen-bond acceptors (Lipinski definition) is 10. The van der Waals surface area contributed by atoms with Gasteiger partial charge in [0.2, 0.25) is 5.71 Å². The maximum absolute atomic E-state index is 6.52. The topological polar surface area (TPSA) is 92.9 Å². The van der Waals surface area contributed by atoms with Crippen molar-refractivity contribution in [1.29, 1.82) is 0 Å². The van der Waals surface area contributed by atoms with Gasteiger partial charge in [0.05, 0.1) is 30.8 Å². The second-order valence-electron chi connectivity index (χ2n) is 10.9. The fourth-order valence-corrected chi connectivity index (χ4v) is 5.43. The molecule has 6 heterocycles. The standard InChI is InChI=1S/C28H35N7O3/c1-28(2)14-20-21(17-37-28)25(33(3)4)32-27-22(20)23-24(38-27)26(31-18-30-23)35(16-19-6-5-7-29-15-19)9-8-34-10-12-36-13-11-34/h5-7,15,18H,8-14,16-17H2,1-4H3. The molecule has 0 radical (unpaired) electrons. The van der Waals surface area contributed by atoms with Crippen LogP contribution in [0.2, 0.25) is 0 Å². The molecule has 6 rings (SSSR count). The summed E-state index contributed by atoms with van der Waals surface area (Å²) in [6, 6.07) is 4.06. The van der Waals surface area contributed by atoms with Gasteiger partial charge in [-0.2, -0.15) is 4.98 Å². The average molecular weight is 518 g/mol. The lowest BCUT2D eigenvalue weighted by molar-refractivity contribution is -0.0395. The third-order valence-electron chi connectivity index (χ3n) is 7.40. The van der Waals surface area contributed by atoms with E-state index in [2.05, 4.69) is 34.7 Å². The first-order chi connectivity index (χ1) is 18.4. The molecule has 10 heteroatoms. The molecule has 0 aliphatic carbocycles. The van der Waals surface area contributed by atoms with Crippen molar-refractivity contribution in [3.05, 3.63) is 47.5 Å². The van der Waals surface area contributed by atoms with Crippen LogP contribution in [0.4, 0.5) is 11.6 Å². The largest absolute Gasteiger partial charge is 0.432 e. The number of ether oxygens (including phenoxy) is 2. The number of pyridine rings is 2. The van der Waals surface area contributed by atoms with Gasteiger partial charge in [-0.05, 0) is 31.0 Å². The molecule has 200 valence electrons. The second kappa shape index (κ2) is 10.1. The van der Waals surface area contributed by atoms with Gasteiger partial charge >= 0.3 is 0 Å². The molecule has 4 aromatic rings. The van der Waals surface area contributed by atoms with Crippen molar-refractivity contribution in [2.75, 3.05) is 63.3 Å². The van der Waals surface area contributed by atoms with Gasteiger partial charge in [-0.25, -0.2) is 9.97 Å². The minimum absolute atomic E-state index is 0.283. The van der Waals surface area contributed by atoms with Gasteiger partial charge in [0, 0.05) is 71.2 Å². The van der Waals surface area contributed by atoms with Gasteiger partial charge < -0.3 is 23.7 Å². The molecule has 0 amide bonds. The van der Waals surface area contributed by atoms with Gasteiger partial charge in [0.15, 0.2) is 11.4 Å². The minimum atomic E-state index is -0.283. The van der Waals surface area contributed by atoms with Crippen LogP contribution in [0.25, 0.3) is 22.2 Å². The van der Waals surface area contributed by atoms with Crippen molar-refractivity contribution in [1.82, 2.24) is 24.8 Å². The summed E-state index contributed by atoms with van der Waals surface area (Å²) in [5, 5.41) is 0.968. The fourth-order valence-electron chi connectivity index (χ4n) is 5.43. The highest BCUT2D eigenvalue weighted by molar-refractivity contribution is 6.07.